The van der Waals surface area contributed by atoms with E-state index in [1.807, 2.05) is 6.92 Å². The number of aliphatic hydroxyl groups is 1. The van der Waals surface area contributed by atoms with Gasteiger partial charge < -0.3 is 9.94 Å². The van der Waals surface area contributed by atoms with Gasteiger partial charge >= 0.3 is 0 Å². The van der Waals surface area contributed by atoms with E-state index in [1.54, 1.807) is 6.92 Å². The molecule has 1 aromatic carbocycles. The molecule has 0 radical (unpaired) electrons. The predicted molar refractivity (Wildman–Crippen MR) is 92.0 cm³/mol. The van der Waals surface area contributed by atoms with Crippen LogP contribution in [0.3, 0.4) is 0 Å². The lowest BCUT2D eigenvalue weighted by Crippen LogP contribution is -2.23. The molecule has 0 saturated heterocycles. The molecule has 1 atom stereocenters. The minimum Gasteiger partial charge on any atom is -0.511 e. The molecule has 4 nitrogen and oxygen atoms in total. The van der Waals surface area contributed by atoms with Crippen molar-refractivity contribution in [3.8, 4) is 0 Å². The van der Waals surface area contributed by atoms with Crippen LogP contribution in [0.1, 0.15) is 54.9 Å². The van der Waals surface area contributed by atoms with Crippen LogP contribution in [0.25, 0.3) is 0 Å². The number of aliphatic hydroxyl groups excluding tert-OH is 1. The van der Waals surface area contributed by atoms with Crippen LogP contribution in [-0.4, -0.2) is 23.2 Å². The van der Waals surface area contributed by atoms with Crippen molar-refractivity contribution >= 4 is 11.5 Å². The summed E-state index contributed by atoms with van der Waals surface area (Å²) in [6, 6.07) is 4.26. The summed E-state index contributed by atoms with van der Waals surface area (Å²) in [5.74, 6) is 0.0670. The highest BCUT2D eigenvalue weighted by molar-refractivity contribution is 6.22. The lowest BCUT2D eigenvalue weighted by atomic mass is 9.78. The van der Waals surface area contributed by atoms with Gasteiger partial charge in [0, 0.05) is 12.8 Å². The van der Waals surface area contributed by atoms with Gasteiger partial charge in [0.2, 0.25) is 0 Å². The molecule has 0 bridgehead atoms. The van der Waals surface area contributed by atoms with Crippen molar-refractivity contribution in [3.05, 3.63) is 45.7 Å². The third-order valence-corrected chi connectivity index (χ3v) is 4.28. The molecule has 1 N–H and O–H groups in total. The molecule has 1 aromatic rings. The van der Waals surface area contributed by atoms with Crippen LogP contribution in [0.2, 0.25) is 0 Å². The van der Waals surface area contributed by atoms with Crippen LogP contribution >= 0.6 is 0 Å². The standard InChI is InChI=1S/C19H25NO3/c1-6-23-20-14(5)19-16(21)9-15(10-17(19)22)18-12(3)7-11(2)8-13(18)4/h7-8,15,21H,6,9-10H2,1-5H3/b20-14+. The van der Waals surface area contributed by atoms with Gasteiger partial charge in [0.1, 0.15) is 12.4 Å². The molecule has 0 amide bonds. The van der Waals surface area contributed by atoms with Crippen molar-refractivity contribution in [1.82, 2.24) is 0 Å². The number of allylic oxidation sites excluding steroid dienone is 2. The van der Waals surface area contributed by atoms with Gasteiger partial charge in [-0.25, -0.2) is 0 Å². The average molecular weight is 315 g/mol. The first-order chi connectivity index (χ1) is 10.8. The number of benzene rings is 1. The molecule has 23 heavy (non-hydrogen) atoms. The van der Waals surface area contributed by atoms with Gasteiger partial charge in [-0.05, 0) is 57.2 Å². The summed E-state index contributed by atoms with van der Waals surface area (Å²) >= 11 is 0. The van der Waals surface area contributed by atoms with Crippen LogP contribution in [0.4, 0.5) is 0 Å². The molecule has 1 unspecified atom stereocenters. The van der Waals surface area contributed by atoms with Crippen LogP contribution in [0.15, 0.2) is 28.6 Å². The second-order valence-corrected chi connectivity index (χ2v) is 6.26. The fourth-order valence-electron chi connectivity index (χ4n) is 3.55. The Hall–Kier alpha value is -2.10. The number of carbonyl (C=O) groups is 1. The summed E-state index contributed by atoms with van der Waals surface area (Å²) < 4.78 is 0. The number of hydrogen-bond donors (Lipinski definition) is 1. The first-order valence-corrected chi connectivity index (χ1v) is 8.05. The maximum atomic E-state index is 12.5. The number of carbonyl (C=O) groups excluding carboxylic acids is 1. The Labute approximate surface area is 137 Å². The van der Waals surface area contributed by atoms with E-state index in [1.165, 1.54) is 22.3 Å². The van der Waals surface area contributed by atoms with Gasteiger partial charge in [0.25, 0.3) is 0 Å². The molecular formula is C19H25NO3. The molecule has 0 fully saturated rings. The Morgan fingerprint density at radius 3 is 2.39 bits per heavy atom. The zero-order chi connectivity index (χ0) is 17.1. The van der Waals surface area contributed by atoms with Crippen molar-refractivity contribution < 1.29 is 14.7 Å². The molecular weight excluding hydrogens is 290 g/mol. The highest BCUT2D eigenvalue weighted by Crippen LogP contribution is 2.37. The van der Waals surface area contributed by atoms with Gasteiger partial charge in [-0.15, -0.1) is 0 Å². The Bertz CT molecular complexity index is 663. The molecule has 4 heteroatoms. The lowest BCUT2D eigenvalue weighted by Gasteiger charge is -2.26. The zero-order valence-electron chi connectivity index (χ0n) is 14.6. The van der Waals surface area contributed by atoms with Crippen molar-refractivity contribution in [2.24, 2.45) is 5.16 Å². The summed E-state index contributed by atoms with van der Waals surface area (Å²) in [6.07, 6.45) is 0.855. The third-order valence-electron chi connectivity index (χ3n) is 4.28. The van der Waals surface area contributed by atoms with Gasteiger partial charge in [-0.1, -0.05) is 22.9 Å². The maximum Gasteiger partial charge on any atom is 0.168 e. The zero-order valence-corrected chi connectivity index (χ0v) is 14.6. The summed E-state index contributed by atoms with van der Waals surface area (Å²) in [5, 5.41) is 14.3. The Morgan fingerprint density at radius 1 is 1.26 bits per heavy atom. The summed E-state index contributed by atoms with van der Waals surface area (Å²) in [6.45, 7) is 10.2. The minimum absolute atomic E-state index is 0.0201. The SMILES string of the molecule is CCO/N=C(\C)C1=C(O)CC(c2c(C)cc(C)cc2C)CC1=O. The summed E-state index contributed by atoms with van der Waals surface area (Å²) in [7, 11) is 0. The van der Waals surface area contributed by atoms with Crippen LogP contribution in [0, 0.1) is 20.8 Å². The van der Waals surface area contributed by atoms with E-state index in [-0.39, 0.29) is 17.5 Å². The monoisotopic (exact) mass is 315 g/mol. The fraction of sp³-hybridized carbons (Fsp3) is 0.474. The highest BCUT2D eigenvalue weighted by atomic mass is 16.6. The normalized spacial score (nSPS) is 19.3. The van der Waals surface area contributed by atoms with Crippen LogP contribution in [-0.2, 0) is 9.63 Å². The quantitative estimate of drug-likeness (QED) is 0.666. The smallest absolute Gasteiger partial charge is 0.168 e. The minimum atomic E-state index is -0.0703. The second-order valence-electron chi connectivity index (χ2n) is 6.26. The summed E-state index contributed by atoms with van der Waals surface area (Å²) in [4.78, 5) is 17.5. The molecule has 0 spiro atoms. The lowest BCUT2D eigenvalue weighted by molar-refractivity contribution is -0.116. The molecule has 124 valence electrons. The van der Waals surface area contributed by atoms with Gasteiger partial charge in [-0.2, -0.15) is 0 Å². The number of hydrogen-bond acceptors (Lipinski definition) is 4. The van der Waals surface area contributed by atoms with E-state index < -0.39 is 0 Å². The van der Waals surface area contributed by atoms with Crippen molar-refractivity contribution in [2.75, 3.05) is 6.61 Å². The highest BCUT2D eigenvalue weighted by Gasteiger charge is 2.31. The van der Waals surface area contributed by atoms with E-state index >= 15 is 0 Å². The van der Waals surface area contributed by atoms with Crippen LogP contribution in [0.5, 0.6) is 0 Å². The van der Waals surface area contributed by atoms with E-state index in [0.717, 1.165) is 0 Å². The molecule has 0 aromatic heterocycles. The number of Topliss-reactive ketones (excluding diaryl/α,β-unsaturated/α-hetero) is 1. The molecule has 0 aliphatic heterocycles. The van der Waals surface area contributed by atoms with E-state index in [2.05, 4.69) is 38.1 Å². The Morgan fingerprint density at radius 2 is 1.87 bits per heavy atom. The van der Waals surface area contributed by atoms with E-state index in [9.17, 15) is 9.90 Å². The van der Waals surface area contributed by atoms with E-state index in [0.29, 0.717) is 30.7 Å². The molecule has 0 saturated carbocycles. The Kier molecular flexibility index (Phi) is 5.24. The first-order valence-electron chi connectivity index (χ1n) is 8.05. The predicted octanol–water partition coefficient (Wildman–Crippen LogP) is 4.28. The number of nitrogens with zero attached hydrogens (tertiary/aromatic N) is 1. The average Bonchev–Trinajstić information content (AvgIpc) is 2.43. The third kappa shape index (κ3) is 3.63. The molecule has 1 aliphatic rings. The van der Waals surface area contributed by atoms with Gasteiger partial charge in [0.15, 0.2) is 5.78 Å². The maximum absolute atomic E-state index is 12.5. The Balaban J connectivity index is 2.36. The van der Waals surface area contributed by atoms with E-state index in [4.69, 9.17) is 4.84 Å². The summed E-state index contributed by atoms with van der Waals surface area (Å²) in [5.41, 5.74) is 5.51. The number of rotatable bonds is 4. The molecule has 2 rings (SSSR count). The van der Waals surface area contributed by atoms with Gasteiger partial charge in [0.05, 0.1) is 11.3 Å². The largest absolute Gasteiger partial charge is 0.511 e. The van der Waals surface area contributed by atoms with Crippen molar-refractivity contribution in [2.45, 2.75) is 53.4 Å². The van der Waals surface area contributed by atoms with Crippen molar-refractivity contribution in [3.63, 3.8) is 0 Å². The number of oxime groups is 1. The number of aryl methyl sites for hydroxylation is 3. The fourth-order valence-corrected chi connectivity index (χ4v) is 3.55. The van der Waals surface area contributed by atoms with Crippen molar-refractivity contribution in [1.29, 1.82) is 0 Å². The second kappa shape index (κ2) is 6.99. The topological polar surface area (TPSA) is 58.9 Å². The molecule has 1 aliphatic carbocycles. The van der Waals surface area contributed by atoms with Crippen LogP contribution < -0.4 is 0 Å². The first kappa shape index (κ1) is 17.3. The van der Waals surface area contributed by atoms with Gasteiger partial charge in [-0.3, -0.25) is 4.79 Å². The molecule has 0 heterocycles. The number of ketones is 1.